The lowest BCUT2D eigenvalue weighted by Gasteiger charge is -2.23. The highest BCUT2D eigenvalue weighted by molar-refractivity contribution is 7.89. The summed E-state index contributed by atoms with van der Waals surface area (Å²) in [6, 6.07) is 0. The molecule has 0 atom stereocenters. The molecule has 0 saturated heterocycles. The lowest BCUT2D eigenvalue weighted by molar-refractivity contribution is -0.0495. The van der Waals surface area contributed by atoms with Gasteiger partial charge in [0.1, 0.15) is 15.4 Å². The Kier molecular flexibility index (Phi) is 5.84. The van der Waals surface area contributed by atoms with Crippen LogP contribution in [0.25, 0.3) is 0 Å². The zero-order valence-electron chi connectivity index (χ0n) is 11.5. The number of nitrogens with one attached hydrogen (secondary N) is 1. The van der Waals surface area contributed by atoms with Crippen molar-refractivity contribution >= 4 is 27.3 Å². The minimum absolute atomic E-state index is 0.0842. The molecule has 0 bridgehead atoms. The quantitative estimate of drug-likeness (QED) is 0.460. The summed E-state index contributed by atoms with van der Waals surface area (Å²) in [5, 5.41) is 29.0. The maximum absolute atomic E-state index is 12.2. The van der Waals surface area contributed by atoms with E-state index in [0.717, 1.165) is 18.4 Å². The molecule has 0 spiro atoms. The number of thiophene rings is 1. The van der Waals surface area contributed by atoms with E-state index in [0.29, 0.717) is 5.56 Å². The van der Waals surface area contributed by atoms with E-state index in [9.17, 15) is 18.3 Å². The van der Waals surface area contributed by atoms with Gasteiger partial charge in [-0.25, -0.2) is 17.9 Å². The molecule has 0 aliphatic carbocycles. The molecule has 0 fully saturated rings. The highest BCUT2D eigenvalue weighted by Gasteiger charge is 2.31. The second kappa shape index (κ2) is 6.81. The van der Waals surface area contributed by atoms with Crippen molar-refractivity contribution in [3.8, 4) is 0 Å². The maximum atomic E-state index is 12.2. The van der Waals surface area contributed by atoms with Crippen LogP contribution in [0.15, 0.2) is 10.3 Å². The Morgan fingerprint density at radius 1 is 1.43 bits per heavy atom. The van der Waals surface area contributed by atoms with E-state index in [4.69, 9.17) is 10.2 Å². The monoisotopic (exact) mass is 339 g/mol. The molecular formula is C11H17NO7S2. The highest BCUT2D eigenvalue weighted by Crippen LogP contribution is 2.27. The number of aliphatic hydroxyl groups is 3. The van der Waals surface area contributed by atoms with Crippen LogP contribution < -0.4 is 4.72 Å². The molecule has 120 valence electrons. The number of esters is 1. The molecule has 1 heterocycles. The predicted octanol–water partition coefficient (Wildman–Crippen LogP) is -1.16. The van der Waals surface area contributed by atoms with Gasteiger partial charge in [0.05, 0.1) is 20.3 Å². The fraction of sp³-hybridized carbons (Fsp3) is 0.545. The SMILES string of the molecule is COC(=O)c1scc(C)c1S(=O)(=O)NCC(O)(CO)CO. The summed E-state index contributed by atoms with van der Waals surface area (Å²) in [6.45, 7) is -0.725. The number of ether oxygens (including phenoxy) is 1. The van der Waals surface area contributed by atoms with Crippen molar-refractivity contribution in [1.29, 1.82) is 0 Å². The van der Waals surface area contributed by atoms with Crippen LogP contribution in [0.3, 0.4) is 0 Å². The summed E-state index contributed by atoms with van der Waals surface area (Å²) in [5.74, 6) is -0.784. The summed E-state index contributed by atoms with van der Waals surface area (Å²) < 4.78 is 31.1. The first-order valence-electron chi connectivity index (χ1n) is 5.81. The van der Waals surface area contributed by atoms with Crippen LogP contribution in [0.4, 0.5) is 0 Å². The van der Waals surface area contributed by atoms with Crippen molar-refractivity contribution in [2.45, 2.75) is 17.4 Å². The van der Waals surface area contributed by atoms with Crippen LogP contribution >= 0.6 is 11.3 Å². The Morgan fingerprint density at radius 3 is 2.48 bits per heavy atom. The van der Waals surface area contributed by atoms with Crippen LogP contribution in [-0.4, -0.2) is 62.2 Å². The average Bonchev–Trinajstić information content (AvgIpc) is 2.86. The Bertz CT molecular complexity index is 604. The molecule has 10 heteroatoms. The van der Waals surface area contributed by atoms with Gasteiger partial charge in [0.25, 0.3) is 0 Å². The number of rotatable bonds is 7. The van der Waals surface area contributed by atoms with Crippen molar-refractivity contribution in [2.24, 2.45) is 0 Å². The topological polar surface area (TPSA) is 133 Å². The number of aliphatic hydroxyl groups excluding tert-OH is 2. The zero-order valence-corrected chi connectivity index (χ0v) is 13.1. The van der Waals surface area contributed by atoms with Gasteiger partial charge in [-0.3, -0.25) is 0 Å². The highest BCUT2D eigenvalue weighted by atomic mass is 32.2. The van der Waals surface area contributed by atoms with E-state index in [2.05, 4.69) is 9.46 Å². The van der Waals surface area contributed by atoms with Crippen molar-refractivity contribution in [3.05, 3.63) is 15.8 Å². The number of aryl methyl sites for hydroxylation is 1. The van der Waals surface area contributed by atoms with E-state index in [1.807, 2.05) is 0 Å². The molecular weight excluding hydrogens is 322 g/mol. The molecule has 1 aromatic heterocycles. The van der Waals surface area contributed by atoms with Crippen LogP contribution in [0.1, 0.15) is 15.2 Å². The van der Waals surface area contributed by atoms with Crippen molar-refractivity contribution in [3.63, 3.8) is 0 Å². The lowest BCUT2D eigenvalue weighted by Crippen LogP contribution is -2.48. The molecule has 0 unspecified atom stereocenters. The minimum Gasteiger partial charge on any atom is -0.465 e. The van der Waals surface area contributed by atoms with Gasteiger partial charge in [0.2, 0.25) is 10.0 Å². The molecule has 0 aliphatic heterocycles. The summed E-state index contributed by atoms with van der Waals surface area (Å²) in [5.41, 5.74) is -1.63. The Morgan fingerprint density at radius 2 is 2.00 bits per heavy atom. The Labute approximate surface area is 126 Å². The van der Waals surface area contributed by atoms with Gasteiger partial charge >= 0.3 is 5.97 Å². The van der Waals surface area contributed by atoms with Gasteiger partial charge in [-0.05, 0) is 17.9 Å². The fourth-order valence-corrected chi connectivity index (χ4v) is 4.29. The molecule has 21 heavy (non-hydrogen) atoms. The molecule has 0 aromatic carbocycles. The summed E-state index contributed by atoms with van der Waals surface area (Å²) in [6.07, 6.45) is 0. The van der Waals surface area contributed by atoms with Crippen molar-refractivity contribution in [1.82, 2.24) is 4.72 Å². The lowest BCUT2D eigenvalue weighted by atomic mass is 10.1. The van der Waals surface area contributed by atoms with E-state index < -0.39 is 41.4 Å². The second-order valence-electron chi connectivity index (χ2n) is 4.43. The minimum atomic E-state index is -4.11. The molecule has 0 radical (unpaired) electrons. The number of carbonyl (C=O) groups is 1. The normalized spacial score (nSPS) is 12.4. The van der Waals surface area contributed by atoms with E-state index >= 15 is 0 Å². The van der Waals surface area contributed by atoms with Crippen LogP contribution in [-0.2, 0) is 14.8 Å². The number of hydrogen-bond donors (Lipinski definition) is 4. The molecule has 0 saturated carbocycles. The number of sulfonamides is 1. The third-order valence-corrected chi connectivity index (χ3v) is 5.53. The van der Waals surface area contributed by atoms with Gasteiger partial charge in [0, 0.05) is 6.54 Å². The molecule has 8 nitrogen and oxygen atoms in total. The molecule has 0 amide bonds. The van der Waals surface area contributed by atoms with Crippen LogP contribution in [0, 0.1) is 6.92 Å². The first kappa shape index (κ1) is 18.0. The van der Waals surface area contributed by atoms with Gasteiger partial charge in [-0.15, -0.1) is 11.3 Å². The summed E-state index contributed by atoms with van der Waals surface area (Å²) >= 11 is 0.926. The van der Waals surface area contributed by atoms with E-state index in [1.165, 1.54) is 12.3 Å². The van der Waals surface area contributed by atoms with E-state index in [1.54, 1.807) is 0 Å². The standard InChI is InChI=1S/C11H17NO7S2/c1-7-3-20-8(10(15)19-2)9(7)21(17,18)12-4-11(16,5-13)6-14/h3,12-14,16H,4-6H2,1-2H3. The smallest absolute Gasteiger partial charge is 0.349 e. The zero-order chi connectivity index (χ0) is 16.3. The van der Waals surface area contributed by atoms with Gasteiger partial charge in [-0.1, -0.05) is 0 Å². The van der Waals surface area contributed by atoms with Gasteiger partial charge < -0.3 is 20.1 Å². The summed E-state index contributed by atoms with van der Waals surface area (Å²) in [7, 11) is -2.97. The Balaban J connectivity index is 3.09. The second-order valence-corrected chi connectivity index (χ2v) is 7.02. The first-order chi connectivity index (χ1) is 9.70. The predicted molar refractivity (Wildman–Crippen MR) is 74.7 cm³/mol. The largest absolute Gasteiger partial charge is 0.465 e. The maximum Gasteiger partial charge on any atom is 0.349 e. The molecule has 1 rings (SSSR count). The fourth-order valence-electron chi connectivity index (χ4n) is 1.46. The molecule has 0 aliphatic rings. The van der Waals surface area contributed by atoms with E-state index in [-0.39, 0.29) is 9.77 Å². The van der Waals surface area contributed by atoms with Gasteiger partial charge in [-0.2, -0.15) is 0 Å². The third kappa shape index (κ3) is 3.99. The number of carbonyl (C=O) groups excluding carboxylic acids is 1. The summed E-state index contributed by atoms with van der Waals surface area (Å²) in [4.78, 5) is 11.3. The van der Waals surface area contributed by atoms with Crippen LogP contribution in [0.5, 0.6) is 0 Å². The molecule has 1 aromatic rings. The van der Waals surface area contributed by atoms with Crippen molar-refractivity contribution < 1.29 is 33.3 Å². The average molecular weight is 339 g/mol. The van der Waals surface area contributed by atoms with Crippen LogP contribution in [0.2, 0.25) is 0 Å². The first-order valence-corrected chi connectivity index (χ1v) is 8.17. The Hall–Kier alpha value is -1.04. The third-order valence-electron chi connectivity index (χ3n) is 2.74. The van der Waals surface area contributed by atoms with Gasteiger partial charge in [0.15, 0.2) is 0 Å². The molecule has 4 N–H and O–H groups in total. The number of methoxy groups -OCH3 is 1. The number of hydrogen-bond acceptors (Lipinski definition) is 8. The van der Waals surface area contributed by atoms with Crippen molar-refractivity contribution in [2.75, 3.05) is 26.9 Å².